The fraction of sp³-hybridized carbons (Fsp3) is 0.125. The van der Waals surface area contributed by atoms with E-state index in [1.54, 1.807) is 49.5 Å². The Balaban J connectivity index is 2.12. The second-order valence-electron chi connectivity index (χ2n) is 4.56. The molecule has 0 aliphatic rings. The van der Waals surface area contributed by atoms with Crippen molar-refractivity contribution in [2.24, 2.45) is 5.10 Å². The maximum Gasteiger partial charge on any atom is 0.341 e. The Kier molecular flexibility index (Phi) is 5.40. The average molecular weight is 313 g/mol. The van der Waals surface area contributed by atoms with Gasteiger partial charge in [0.2, 0.25) is 0 Å². The number of aromatic nitrogens is 1. The number of hydrogen-bond acceptors (Lipinski definition) is 5. The number of carboxylic acids is 1. The number of nitrogens with zero attached hydrogens (tertiary/aromatic N) is 2. The lowest BCUT2D eigenvalue weighted by atomic mass is 10.1. The fourth-order valence-electron chi connectivity index (χ4n) is 1.79. The number of carbonyl (C=O) groups excluding carboxylic acids is 1. The Bertz CT molecular complexity index is 729. The van der Waals surface area contributed by atoms with E-state index in [1.807, 2.05) is 0 Å². The minimum absolute atomic E-state index is 0.381. The number of carboxylic acid groups (broad SMARTS) is 1. The highest BCUT2D eigenvalue weighted by Crippen LogP contribution is 2.18. The summed E-state index contributed by atoms with van der Waals surface area (Å²) < 4.78 is 5.21. The molecule has 7 nitrogen and oxygen atoms in total. The van der Waals surface area contributed by atoms with Crippen LogP contribution in [0.5, 0.6) is 5.75 Å². The summed E-state index contributed by atoms with van der Waals surface area (Å²) in [5.74, 6) is -1.08. The molecule has 0 spiro atoms. The third-order valence-corrected chi connectivity index (χ3v) is 2.88. The van der Waals surface area contributed by atoms with Crippen molar-refractivity contribution in [3.05, 3.63) is 59.9 Å². The number of ether oxygens (including phenoxy) is 1. The number of carbonyl (C=O) groups is 2. The molecule has 1 aromatic heterocycles. The van der Waals surface area contributed by atoms with Gasteiger partial charge in [0.25, 0.3) is 5.91 Å². The average Bonchev–Trinajstić information content (AvgIpc) is 2.58. The maximum absolute atomic E-state index is 11.9. The summed E-state index contributed by atoms with van der Waals surface area (Å²) in [5.41, 5.74) is 3.90. The Hall–Kier alpha value is -3.22. The third-order valence-electron chi connectivity index (χ3n) is 2.88. The molecule has 2 aromatic rings. The Morgan fingerprint density at radius 2 is 2.04 bits per heavy atom. The molecule has 2 rings (SSSR count). The molecule has 0 aliphatic carbocycles. The normalized spacial score (nSPS) is 10.9. The number of para-hydroxylation sites is 1. The molecule has 23 heavy (non-hydrogen) atoms. The highest BCUT2D eigenvalue weighted by atomic mass is 16.5. The minimum Gasteiger partial charge on any atom is -0.481 e. The lowest BCUT2D eigenvalue weighted by Gasteiger charge is -2.09. The summed E-state index contributed by atoms with van der Waals surface area (Å²) in [6, 6.07) is 10.1. The molecule has 0 saturated heterocycles. The first-order valence-corrected chi connectivity index (χ1v) is 6.76. The molecule has 0 fully saturated rings. The van der Waals surface area contributed by atoms with Crippen molar-refractivity contribution in [2.75, 3.05) is 6.61 Å². The van der Waals surface area contributed by atoms with Crippen LogP contribution >= 0.6 is 0 Å². The topological polar surface area (TPSA) is 101 Å². The van der Waals surface area contributed by atoms with E-state index < -0.39 is 12.6 Å². The van der Waals surface area contributed by atoms with E-state index in [-0.39, 0.29) is 5.91 Å². The molecule has 0 bridgehead atoms. The molecule has 118 valence electrons. The van der Waals surface area contributed by atoms with Crippen LogP contribution in [0, 0.1) is 0 Å². The van der Waals surface area contributed by atoms with Crippen LogP contribution in [0.2, 0.25) is 0 Å². The molecule has 7 heteroatoms. The first kappa shape index (κ1) is 16.2. The summed E-state index contributed by atoms with van der Waals surface area (Å²) in [7, 11) is 0. The van der Waals surface area contributed by atoms with E-state index in [0.29, 0.717) is 22.6 Å². The van der Waals surface area contributed by atoms with Gasteiger partial charge in [0.05, 0.1) is 11.3 Å². The van der Waals surface area contributed by atoms with Crippen molar-refractivity contribution in [1.29, 1.82) is 0 Å². The Labute approximate surface area is 132 Å². The van der Waals surface area contributed by atoms with E-state index in [9.17, 15) is 9.59 Å². The first-order chi connectivity index (χ1) is 11.1. The van der Waals surface area contributed by atoms with Crippen LogP contribution in [-0.2, 0) is 4.79 Å². The zero-order valence-corrected chi connectivity index (χ0v) is 12.4. The number of aliphatic carboxylic acids is 1. The molecule has 0 unspecified atom stereocenters. The number of hydrogen-bond donors (Lipinski definition) is 2. The molecule has 0 aliphatic heterocycles. The predicted molar refractivity (Wildman–Crippen MR) is 83.5 cm³/mol. The summed E-state index contributed by atoms with van der Waals surface area (Å²) in [5, 5.41) is 12.7. The van der Waals surface area contributed by atoms with Gasteiger partial charge in [-0.2, -0.15) is 5.10 Å². The van der Waals surface area contributed by atoms with Gasteiger partial charge in [-0.05, 0) is 31.2 Å². The van der Waals surface area contributed by atoms with Crippen LogP contribution in [0.4, 0.5) is 0 Å². The van der Waals surface area contributed by atoms with Gasteiger partial charge in [0.15, 0.2) is 6.61 Å². The summed E-state index contributed by atoms with van der Waals surface area (Å²) in [6.45, 7) is 1.23. The lowest BCUT2D eigenvalue weighted by molar-refractivity contribution is -0.139. The van der Waals surface area contributed by atoms with Crippen molar-refractivity contribution in [3.63, 3.8) is 0 Å². The predicted octanol–water partition coefficient (Wildman–Crippen LogP) is 1.70. The molecular weight excluding hydrogens is 298 g/mol. The molecule has 0 atom stereocenters. The third kappa shape index (κ3) is 4.63. The second kappa shape index (κ2) is 7.69. The number of nitrogens with one attached hydrogen (secondary N) is 1. The highest BCUT2D eigenvalue weighted by Gasteiger charge is 2.09. The van der Waals surface area contributed by atoms with Gasteiger partial charge in [0.1, 0.15) is 5.75 Å². The lowest BCUT2D eigenvalue weighted by Crippen LogP contribution is -2.19. The van der Waals surface area contributed by atoms with Crippen LogP contribution in [0.3, 0.4) is 0 Å². The van der Waals surface area contributed by atoms with Crippen LogP contribution in [-0.4, -0.2) is 34.3 Å². The van der Waals surface area contributed by atoms with Crippen LogP contribution in [0.1, 0.15) is 22.8 Å². The zero-order valence-electron chi connectivity index (χ0n) is 12.4. The first-order valence-electron chi connectivity index (χ1n) is 6.76. The van der Waals surface area contributed by atoms with Crippen LogP contribution in [0.15, 0.2) is 53.9 Å². The molecule has 0 saturated carbocycles. The van der Waals surface area contributed by atoms with Gasteiger partial charge >= 0.3 is 5.97 Å². The van der Waals surface area contributed by atoms with Crippen LogP contribution in [0.25, 0.3) is 0 Å². The molecular formula is C16H15N3O4. The number of pyridine rings is 1. The smallest absolute Gasteiger partial charge is 0.341 e. The highest BCUT2D eigenvalue weighted by molar-refractivity contribution is 6.02. The van der Waals surface area contributed by atoms with E-state index in [0.717, 1.165) is 0 Å². The van der Waals surface area contributed by atoms with Gasteiger partial charge in [-0.25, -0.2) is 10.2 Å². The van der Waals surface area contributed by atoms with Gasteiger partial charge < -0.3 is 9.84 Å². The van der Waals surface area contributed by atoms with E-state index in [1.165, 1.54) is 6.20 Å². The monoisotopic (exact) mass is 313 g/mol. The van der Waals surface area contributed by atoms with Crippen molar-refractivity contribution < 1.29 is 19.4 Å². The number of hydrazone groups is 1. The number of rotatable bonds is 6. The SMILES string of the molecule is CC(=NNC(=O)c1cccnc1)c1ccccc1OCC(=O)O. The summed E-state index contributed by atoms with van der Waals surface area (Å²) in [6.07, 6.45) is 3.01. The summed E-state index contributed by atoms with van der Waals surface area (Å²) >= 11 is 0. The van der Waals surface area contributed by atoms with Crippen molar-refractivity contribution in [1.82, 2.24) is 10.4 Å². The second-order valence-corrected chi connectivity index (χ2v) is 4.56. The van der Waals surface area contributed by atoms with E-state index >= 15 is 0 Å². The number of benzene rings is 1. The fourth-order valence-corrected chi connectivity index (χ4v) is 1.79. The van der Waals surface area contributed by atoms with Crippen LogP contribution < -0.4 is 10.2 Å². The zero-order chi connectivity index (χ0) is 16.7. The maximum atomic E-state index is 11.9. The summed E-state index contributed by atoms with van der Waals surface area (Å²) in [4.78, 5) is 26.4. The molecule has 0 radical (unpaired) electrons. The molecule has 2 N–H and O–H groups in total. The molecule has 1 heterocycles. The van der Waals surface area contributed by atoms with E-state index in [4.69, 9.17) is 9.84 Å². The Morgan fingerprint density at radius 1 is 1.26 bits per heavy atom. The standard InChI is InChI=1S/C16H15N3O4/c1-11(18-19-16(22)12-5-4-8-17-9-12)13-6-2-3-7-14(13)23-10-15(20)21/h2-9H,10H2,1H3,(H,19,22)(H,20,21). The van der Waals surface area contributed by atoms with Crippen molar-refractivity contribution in [3.8, 4) is 5.75 Å². The van der Waals surface area contributed by atoms with Gasteiger partial charge in [-0.1, -0.05) is 12.1 Å². The molecule has 1 aromatic carbocycles. The van der Waals surface area contributed by atoms with Gasteiger partial charge in [-0.15, -0.1) is 0 Å². The number of amides is 1. The largest absolute Gasteiger partial charge is 0.481 e. The van der Waals surface area contributed by atoms with Crippen molar-refractivity contribution in [2.45, 2.75) is 6.92 Å². The van der Waals surface area contributed by atoms with Gasteiger partial charge in [0, 0.05) is 18.0 Å². The van der Waals surface area contributed by atoms with Gasteiger partial charge in [-0.3, -0.25) is 9.78 Å². The van der Waals surface area contributed by atoms with E-state index in [2.05, 4.69) is 15.5 Å². The minimum atomic E-state index is -1.07. The molecule has 1 amide bonds. The quantitative estimate of drug-likeness (QED) is 0.624. The Morgan fingerprint density at radius 3 is 2.74 bits per heavy atom. The van der Waals surface area contributed by atoms with Crippen molar-refractivity contribution >= 4 is 17.6 Å².